The Balaban J connectivity index is 1.64. The average Bonchev–Trinajstić information content (AvgIpc) is 3.05. The lowest BCUT2D eigenvalue weighted by molar-refractivity contribution is -0.114. The monoisotopic (exact) mass is 408 g/mol. The van der Waals surface area contributed by atoms with E-state index in [9.17, 15) is 13.2 Å². The molecule has 3 aromatic rings. The lowest BCUT2D eigenvalue weighted by Crippen LogP contribution is -2.37. The van der Waals surface area contributed by atoms with Crippen LogP contribution in [0.1, 0.15) is 22.3 Å². The molecule has 3 aromatic carbocycles. The Hall–Kier alpha value is -2.86. The van der Waals surface area contributed by atoms with Crippen molar-refractivity contribution in [1.29, 1.82) is 0 Å². The van der Waals surface area contributed by atoms with Crippen molar-refractivity contribution in [3.05, 3.63) is 70.8 Å². The predicted molar refractivity (Wildman–Crippen MR) is 118 cm³/mol. The fourth-order valence-electron chi connectivity index (χ4n) is 4.17. The van der Waals surface area contributed by atoms with E-state index >= 15 is 0 Å². The van der Waals surface area contributed by atoms with Crippen LogP contribution in [0.5, 0.6) is 0 Å². The molecule has 0 aliphatic heterocycles. The number of sulfonamides is 1. The first-order valence-corrected chi connectivity index (χ1v) is 11.5. The molecule has 1 amide bonds. The van der Waals surface area contributed by atoms with Gasteiger partial charge in [-0.2, -0.15) is 0 Å². The van der Waals surface area contributed by atoms with E-state index in [0.29, 0.717) is 11.4 Å². The summed E-state index contributed by atoms with van der Waals surface area (Å²) in [7, 11) is -3.61. The predicted octanol–water partition coefficient (Wildman–Crippen LogP) is 3.96. The van der Waals surface area contributed by atoms with E-state index in [0.717, 1.165) is 39.9 Å². The molecule has 0 heterocycles. The molecule has 150 valence electrons. The van der Waals surface area contributed by atoms with E-state index < -0.39 is 10.0 Å². The van der Waals surface area contributed by atoms with Crippen molar-refractivity contribution in [3.8, 4) is 0 Å². The van der Waals surface area contributed by atoms with Crippen molar-refractivity contribution in [2.75, 3.05) is 22.4 Å². The van der Waals surface area contributed by atoms with Crippen molar-refractivity contribution < 1.29 is 13.2 Å². The number of rotatable bonds is 5. The molecule has 1 aliphatic carbocycles. The number of anilines is 2. The molecule has 4 rings (SSSR count). The van der Waals surface area contributed by atoms with Gasteiger partial charge in [0.25, 0.3) is 0 Å². The van der Waals surface area contributed by atoms with Crippen LogP contribution in [0.4, 0.5) is 11.4 Å². The van der Waals surface area contributed by atoms with Gasteiger partial charge in [-0.1, -0.05) is 30.3 Å². The number of hydrogen-bond acceptors (Lipinski definition) is 3. The van der Waals surface area contributed by atoms with Crippen LogP contribution in [0.3, 0.4) is 0 Å². The first-order chi connectivity index (χ1) is 13.7. The summed E-state index contributed by atoms with van der Waals surface area (Å²) in [4.78, 5) is 12.8. The summed E-state index contributed by atoms with van der Waals surface area (Å²) in [6, 6.07) is 15.6. The van der Waals surface area contributed by atoms with Crippen molar-refractivity contribution in [2.45, 2.75) is 26.7 Å². The van der Waals surface area contributed by atoms with Gasteiger partial charge in [0.05, 0.1) is 11.9 Å². The van der Waals surface area contributed by atoms with Gasteiger partial charge in [0.2, 0.25) is 15.9 Å². The number of amides is 1. The fourth-order valence-corrected chi connectivity index (χ4v) is 5.01. The van der Waals surface area contributed by atoms with Gasteiger partial charge in [-0.25, -0.2) is 8.42 Å². The number of aryl methyl sites for hydroxylation is 4. The standard InChI is InChI=1S/C23H24N2O3S/c1-15-11-16(2)13-19(12-15)25(29(3,27)28)14-22(26)24-21-10-9-18-8-7-17-5-4-6-20(21)23(17)18/h4-6,9-13H,7-8,14H2,1-3H3,(H,24,26). The normalized spacial score (nSPS) is 12.9. The molecule has 5 nitrogen and oxygen atoms in total. The lowest BCUT2D eigenvalue weighted by Gasteiger charge is -2.23. The molecule has 0 saturated carbocycles. The largest absolute Gasteiger partial charge is 0.324 e. The molecule has 0 unspecified atom stereocenters. The summed E-state index contributed by atoms with van der Waals surface area (Å²) in [5.74, 6) is -0.367. The molecule has 0 saturated heterocycles. The van der Waals surface area contributed by atoms with E-state index in [1.807, 2.05) is 44.2 Å². The Morgan fingerprint density at radius 2 is 1.66 bits per heavy atom. The molecular formula is C23H24N2O3S. The van der Waals surface area contributed by atoms with Gasteiger partial charge in [-0.3, -0.25) is 9.10 Å². The van der Waals surface area contributed by atoms with E-state index in [2.05, 4.69) is 11.4 Å². The summed E-state index contributed by atoms with van der Waals surface area (Å²) in [6.07, 6.45) is 3.15. The van der Waals surface area contributed by atoms with Gasteiger partial charge in [0.15, 0.2) is 0 Å². The second-order valence-corrected chi connectivity index (χ2v) is 9.68. The van der Waals surface area contributed by atoms with Crippen LogP contribution in [0.15, 0.2) is 48.5 Å². The maximum Gasteiger partial charge on any atom is 0.245 e. The fraction of sp³-hybridized carbons (Fsp3) is 0.261. The quantitative estimate of drug-likeness (QED) is 0.695. The molecule has 0 spiro atoms. The molecule has 1 aliphatic rings. The maximum atomic E-state index is 12.8. The van der Waals surface area contributed by atoms with Crippen LogP contribution < -0.4 is 9.62 Å². The van der Waals surface area contributed by atoms with Gasteiger partial charge < -0.3 is 5.32 Å². The average molecular weight is 409 g/mol. The minimum Gasteiger partial charge on any atom is -0.324 e. The highest BCUT2D eigenvalue weighted by atomic mass is 32.2. The van der Waals surface area contributed by atoms with Crippen molar-refractivity contribution in [3.63, 3.8) is 0 Å². The molecule has 1 N–H and O–H groups in total. The van der Waals surface area contributed by atoms with Crippen LogP contribution in [0, 0.1) is 13.8 Å². The molecule has 29 heavy (non-hydrogen) atoms. The third kappa shape index (κ3) is 3.85. The van der Waals surface area contributed by atoms with Crippen LogP contribution >= 0.6 is 0 Å². The summed E-state index contributed by atoms with van der Waals surface area (Å²) in [6.45, 7) is 3.54. The molecule has 0 atom stereocenters. The van der Waals surface area contributed by atoms with E-state index in [1.54, 1.807) is 12.1 Å². The Bertz CT molecular complexity index is 1200. The van der Waals surface area contributed by atoms with E-state index in [4.69, 9.17) is 0 Å². The van der Waals surface area contributed by atoms with Gasteiger partial charge in [-0.15, -0.1) is 0 Å². The number of hydrogen-bond donors (Lipinski definition) is 1. The highest BCUT2D eigenvalue weighted by Crippen LogP contribution is 2.35. The molecule has 0 bridgehead atoms. The Morgan fingerprint density at radius 3 is 2.31 bits per heavy atom. The van der Waals surface area contributed by atoms with Crippen molar-refractivity contribution in [2.24, 2.45) is 0 Å². The zero-order valence-electron chi connectivity index (χ0n) is 16.8. The Kier molecular flexibility index (Phi) is 4.82. The summed E-state index contributed by atoms with van der Waals surface area (Å²) < 4.78 is 26.0. The lowest BCUT2D eigenvalue weighted by atomic mass is 10.0. The summed E-state index contributed by atoms with van der Waals surface area (Å²) in [5.41, 5.74) is 5.69. The smallest absolute Gasteiger partial charge is 0.245 e. The molecular weight excluding hydrogens is 384 g/mol. The van der Waals surface area contributed by atoms with E-state index in [1.165, 1.54) is 16.5 Å². The minimum absolute atomic E-state index is 0.273. The number of benzene rings is 3. The highest BCUT2D eigenvalue weighted by Gasteiger charge is 2.22. The zero-order chi connectivity index (χ0) is 20.8. The van der Waals surface area contributed by atoms with Crippen LogP contribution in [0.25, 0.3) is 10.8 Å². The van der Waals surface area contributed by atoms with Gasteiger partial charge >= 0.3 is 0 Å². The van der Waals surface area contributed by atoms with Crippen molar-refractivity contribution >= 4 is 38.1 Å². The van der Waals surface area contributed by atoms with Crippen molar-refractivity contribution in [1.82, 2.24) is 0 Å². The molecule has 6 heteroatoms. The van der Waals surface area contributed by atoms with Crippen LogP contribution in [-0.2, 0) is 27.7 Å². The first-order valence-electron chi connectivity index (χ1n) is 9.62. The number of nitrogens with zero attached hydrogens (tertiary/aromatic N) is 1. The topological polar surface area (TPSA) is 66.5 Å². The Labute approximate surface area is 171 Å². The minimum atomic E-state index is -3.61. The second-order valence-electron chi connectivity index (χ2n) is 7.78. The van der Waals surface area contributed by atoms with Gasteiger partial charge in [-0.05, 0) is 72.5 Å². The maximum absolute atomic E-state index is 12.8. The number of carbonyl (C=O) groups excluding carboxylic acids is 1. The Morgan fingerprint density at radius 1 is 1.00 bits per heavy atom. The third-order valence-corrected chi connectivity index (χ3v) is 6.47. The molecule has 0 radical (unpaired) electrons. The van der Waals surface area contributed by atoms with E-state index in [-0.39, 0.29) is 12.5 Å². The van der Waals surface area contributed by atoms with Crippen LogP contribution in [0.2, 0.25) is 0 Å². The van der Waals surface area contributed by atoms with Gasteiger partial charge in [0.1, 0.15) is 6.54 Å². The molecule has 0 aromatic heterocycles. The second kappa shape index (κ2) is 7.19. The molecule has 0 fully saturated rings. The van der Waals surface area contributed by atoms with Gasteiger partial charge in [0, 0.05) is 11.1 Å². The summed E-state index contributed by atoms with van der Waals surface area (Å²) >= 11 is 0. The highest BCUT2D eigenvalue weighted by molar-refractivity contribution is 7.92. The number of carbonyl (C=O) groups is 1. The van der Waals surface area contributed by atoms with Crippen LogP contribution in [-0.4, -0.2) is 27.1 Å². The third-order valence-electron chi connectivity index (χ3n) is 5.33. The SMILES string of the molecule is Cc1cc(C)cc(N(CC(=O)Nc2ccc3c4c(cccc24)CC3)S(C)(=O)=O)c1. The first kappa shape index (κ1) is 19.5. The summed E-state index contributed by atoms with van der Waals surface area (Å²) in [5, 5.41) is 5.13. The zero-order valence-corrected chi connectivity index (χ0v) is 17.6. The number of nitrogens with one attached hydrogen (secondary N) is 1.